The molecule has 0 aliphatic carbocycles. The highest BCUT2D eigenvalue weighted by Crippen LogP contribution is 1.97. The van der Waals surface area contributed by atoms with Gasteiger partial charge in [0.25, 0.3) is 0 Å². The number of ketones is 1. The van der Waals surface area contributed by atoms with Crippen molar-refractivity contribution in [3.63, 3.8) is 0 Å². The molecule has 13 heavy (non-hydrogen) atoms. The van der Waals surface area contributed by atoms with Crippen molar-refractivity contribution in [3.8, 4) is 0 Å². The number of carbonyl (C=O) groups excluding carboxylic acids is 2. The third kappa shape index (κ3) is 7.46. The molecule has 4 nitrogen and oxygen atoms in total. The molecule has 2 N–H and O–H groups in total. The Balaban J connectivity index is 3.40. The normalized spacial score (nSPS) is 9.69. The number of aliphatic hydroxyl groups is 1. The summed E-state index contributed by atoms with van der Waals surface area (Å²) in [5.41, 5.74) is 0. The molecule has 0 bridgehead atoms. The molecule has 0 unspecified atom stereocenters. The molecule has 0 aliphatic heterocycles. The molecule has 1 amide bonds. The third-order valence-electron chi connectivity index (χ3n) is 1.59. The molecular formula is C9H17NO3. The van der Waals surface area contributed by atoms with Crippen LogP contribution in [0.5, 0.6) is 0 Å². The first-order chi connectivity index (χ1) is 6.20. The number of hydrogen-bond donors (Lipinski definition) is 2. The fourth-order valence-electron chi connectivity index (χ4n) is 0.940. The Morgan fingerprint density at radius 3 is 2.46 bits per heavy atom. The van der Waals surface area contributed by atoms with Crippen molar-refractivity contribution in [2.24, 2.45) is 0 Å². The van der Waals surface area contributed by atoms with Crippen LogP contribution in [-0.2, 0) is 9.59 Å². The van der Waals surface area contributed by atoms with Gasteiger partial charge < -0.3 is 10.4 Å². The Labute approximate surface area is 78.3 Å². The summed E-state index contributed by atoms with van der Waals surface area (Å²) in [4.78, 5) is 21.9. The summed E-state index contributed by atoms with van der Waals surface area (Å²) >= 11 is 0. The van der Waals surface area contributed by atoms with Gasteiger partial charge in [-0.15, -0.1) is 0 Å². The monoisotopic (exact) mass is 187 g/mol. The standard InChI is InChI=1S/C9H17NO3/c1-2-3-8(12)4-5-9(13)10-6-7-11/h11H,2-7H2,1H3,(H,10,13). The van der Waals surface area contributed by atoms with E-state index in [1.54, 1.807) is 0 Å². The van der Waals surface area contributed by atoms with E-state index in [4.69, 9.17) is 5.11 Å². The quantitative estimate of drug-likeness (QED) is 0.600. The lowest BCUT2D eigenvalue weighted by molar-refractivity contribution is -0.125. The minimum absolute atomic E-state index is 0.0609. The van der Waals surface area contributed by atoms with Crippen LogP contribution in [0.3, 0.4) is 0 Å². The van der Waals surface area contributed by atoms with E-state index in [-0.39, 0.29) is 31.3 Å². The largest absolute Gasteiger partial charge is 0.395 e. The first kappa shape index (κ1) is 12.1. The first-order valence-electron chi connectivity index (χ1n) is 4.60. The third-order valence-corrected chi connectivity index (χ3v) is 1.59. The Morgan fingerprint density at radius 2 is 1.92 bits per heavy atom. The Bertz CT molecular complexity index is 168. The van der Waals surface area contributed by atoms with Crippen LogP contribution in [0, 0.1) is 0 Å². The molecule has 0 saturated heterocycles. The second-order valence-corrected chi connectivity index (χ2v) is 2.86. The van der Waals surface area contributed by atoms with Gasteiger partial charge in [-0.3, -0.25) is 9.59 Å². The molecule has 0 atom stereocenters. The Kier molecular flexibility index (Phi) is 7.20. The van der Waals surface area contributed by atoms with E-state index < -0.39 is 0 Å². The van der Waals surface area contributed by atoms with Crippen molar-refractivity contribution in [1.82, 2.24) is 5.32 Å². The van der Waals surface area contributed by atoms with Crippen LogP contribution in [0.2, 0.25) is 0 Å². The first-order valence-corrected chi connectivity index (χ1v) is 4.60. The van der Waals surface area contributed by atoms with Crippen molar-refractivity contribution in [2.45, 2.75) is 32.6 Å². The lowest BCUT2D eigenvalue weighted by atomic mass is 10.1. The molecular weight excluding hydrogens is 170 g/mol. The molecule has 0 fully saturated rings. The fourth-order valence-corrected chi connectivity index (χ4v) is 0.940. The topological polar surface area (TPSA) is 66.4 Å². The second-order valence-electron chi connectivity index (χ2n) is 2.86. The zero-order valence-electron chi connectivity index (χ0n) is 8.01. The van der Waals surface area contributed by atoms with Crippen molar-refractivity contribution in [2.75, 3.05) is 13.2 Å². The van der Waals surface area contributed by atoms with Crippen LogP contribution >= 0.6 is 0 Å². The van der Waals surface area contributed by atoms with Crippen LogP contribution in [0.25, 0.3) is 0 Å². The summed E-state index contributed by atoms with van der Waals surface area (Å²) in [7, 11) is 0. The molecule has 0 aromatic heterocycles. The Morgan fingerprint density at radius 1 is 1.23 bits per heavy atom. The summed E-state index contributed by atoms with van der Waals surface area (Å²) < 4.78 is 0. The maximum atomic E-state index is 11.0. The highest BCUT2D eigenvalue weighted by atomic mass is 16.3. The zero-order chi connectivity index (χ0) is 10.1. The van der Waals surface area contributed by atoms with E-state index in [2.05, 4.69) is 5.32 Å². The minimum atomic E-state index is -0.168. The summed E-state index contributed by atoms with van der Waals surface area (Å²) in [6.45, 7) is 2.14. The van der Waals surface area contributed by atoms with E-state index in [0.717, 1.165) is 6.42 Å². The van der Waals surface area contributed by atoms with Gasteiger partial charge in [-0.25, -0.2) is 0 Å². The van der Waals surface area contributed by atoms with Crippen LogP contribution < -0.4 is 5.32 Å². The van der Waals surface area contributed by atoms with Crippen LogP contribution in [0.15, 0.2) is 0 Å². The molecule has 4 heteroatoms. The van der Waals surface area contributed by atoms with Crippen molar-refractivity contribution >= 4 is 11.7 Å². The van der Waals surface area contributed by atoms with E-state index >= 15 is 0 Å². The average molecular weight is 187 g/mol. The number of hydrogen-bond acceptors (Lipinski definition) is 3. The van der Waals surface area contributed by atoms with Gasteiger partial charge in [-0.1, -0.05) is 6.92 Å². The van der Waals surface area contributed by atoms with Gasteiger partial charge in [0.1, 0.15) is 5.78 Å². The number of nitrogens with one attached hydrogen (secondary N) is 1. The highest BCUT2D eigenvalue weighted by Gasteiger charge is 2.04. The number of rotatable bonds is 7. The van der Waals surface area contributed by atoms with E-state index in [1.165, 1.54) is 0 Å². The summed E-state index contributed by atoms with van der Waals surface area (Å²) in [6, 6.07) is 0. The van der Waals surface area contributed by atoms with Gasteiger partial charge in [0.2, 0.25) is 5.91 Å². The number of amides is 1. The van der Waals surface area contributed by atoms with E-state index in [9.17, 15) is 9.59 Å². The second kappa shape index (κ2) is 7.73. The number of Topliss-reactive ketones (excluding diaryl/α,β-unsaturated/α-hetero) is 1. The van der Waals surface area contributed by atoms with Gasteiger partial charge in [0.05, 0.1) is 6.61 Å². The lowest BCUT2D eigenvalue weighted by Crippen LogP contribution is -2.26. The maximum Gasteiger partial charge on any atom is 0.220 e. The van der Waals surface area contributed by atoms with E-state index in [0.29, 0.717) is 12.8 Å². The molecule has 0 spiro atoms. The maximum absolute atomic E-state index is 11.0. The van der Waals surface area contributed by atoms with Gasteiger partial charge in [-0.2, -0.15) is 0 Å². The fraction of sp³-hybridized carbons (Fsp3) is 0.778. The number of carbonyl (C=O) groups is 2. The minimum Gasteiger partial charge on any atom is -0.395 e. The number of aliphatic hydroxyl groups excluding tert-OH is 1. The van der Waals surface area contributed by atoms with Gasteiger partial charge in [0.15, 0.2) is 0 Å². The van der Waals surface area contributed by atoms with Crippen molar-refractivity contribution in [3.05, 3.63) is 0 Å². The smallest absolute Gasteiger partial charge is 0.220 e. The van der Waals surface area contributed by atoms with Crippen LogP contribution in [0.1, 0.15) is 32.6 Å². The SMILES string of the molecule is CCCC(=O)CCC(=O)NCCO. The highest BCUT2D eigenvalue weighted by molar-refractivity contribution is 5.84. The average Bonchev–Trinajstić information content (AvgIpc) is 2.12. The van der Waals surface area contributed by atoms with Crippen LogP contribution in [0.4, 0.5) is 0 Å². The predicted molar refractivity (Wildman–Crippen MR) is 49.2 cm³/mol. The molecule has 0 heterocycles. The molecule has 0 aromatic carbocycles. The summed E-state index contributed by atoms with van der Waals surface area (Å²) in [5.74, 6) is -0.0415. The van der Waals surface area contributed by atoms with E-state index in [1.807, 2.05) is 6.92 Å². The summed E-state index contributed by atoms with van der Waals surface area (Å²) in [6.07, 6.45) is 1.92. The summed E-state index contributed by atoms with van der Waals surface area (Å²) in [5, 5.41) is 10.9. The lowest BCUT2D eigenvalue weighted by Gasteiger charge is -2.01. The zero-order valence-corrected chi connectivity index (χ0v) is 8.01. The van der Waals surface area contributed by atoms with Crippen LogP contribution in [-0.4, -0.2) is 29.9 Å². The molecule has 0 aromatic rings. The predicted octanol–water partition coefficient (Wildman–Crippen LogP) is 0.244. The molecule has 0 aliphatic rings. The van der Waals surface area contributed by atoms with Gasteiger partial charge in [-0.05, 0) is 6.42 Å². The Hall–Kier alpha value is -0.900. The van der Waals surface area contributed by atoms with Gasteiger partial charge in [0, 0.05) is 25.8 Å². The molecule has 76 valence electrons. The molecule has 0 saturated carbocycles. The van der Waals surface area contributed by atoms with Crippen molar-refractivity contribution < 1.29 is 14.7 Å². The molecule has 0 rings (SSSR count). The van der Waals surface area contributed by atoms with Gasteiger partial charge >= 0.3 is 0 Å². The van der Waals surface area contributed by atoms with Crippen molar-refractivity contribution in [1.29, 1.82) is 0 Å². The molecule has 0 radical (unpaired) electrons.